The van der Waals surface area contributed by atoms with E-state index in [1.807, 2.05) is 22.8 Å². The Morgan fingerprint density at radius 3 is 2.81 bits per heavy atom. The van der Waals surface area contributed by atoms with Crippen LogP contribution in [0, 0.1) is 0 Å². The van der Waals surface area contributed by atoms with E-state index in [4.69, 9.17) is 33.4 Å². The first-order valence-corrected chi connectivity index (χ1v) is 9.56. The molecule has 9 heteroatoms. The third kappa shape index (κ3) is 4.81. The molecule has 0 unspecified atom stereocenters. The molecule has 6 nitrogen and oxygen atoms in total. The molecule has 3 rings (SSSR count). The van der Waals surface area contributed by atoms with Gasteiger partial charge in [-0.1, -0.05) is 41.0 Å². The fraction of sp³-hybridized carbons (Fsp3) is 0.235. The first kappa shape index (κ1) is 18.8. The van der Waals surface area contributed by atoms with E-state index >= 15 is 0 Å². The van der Waals surface area contributed by atoms with Crippen molar-refractivity contribution in [2.45, 2.75) is 30.3 Å². The maximum absolute atomic E-state index is 11.1. The minimum absolute atomic E-state index is 0.212. The summed E-state index contributed by atoms with van der Waals surface area (Å²) in [5.41, 5.74) is 6.20. The molecule has 3 aromatic rings. The van der Waals surface area contributed by atoms with Crippen molar-refractivity contribution >= 4 is 40.9 Å². The molecule has 0 atom stereocenters. The summed E-state index contributed by atoms with van der Waals surface area (Å²) in [7, 11) is 0. The summed E-state index contributed by atoms with van der Waals surface area (Å²) in [4.78, 5) is 11.1. The molecule has 0 aliphatic rings. The van der Waals surface area contributed by atoms with E-state index in [-0.39, 0.29) is 12.3 Å². The predicted octanol–water partition coefficient (Wildman–Crippen LogP) is 3.94. The average Bonchev–Trinajstić information content (AvgIpc) is 3.23. The van der Waals surface area contributed by atoms with Crippen LogP contribution in [0.5, 0.6) is 0 Å². The quantitative estimate of drug-likeness (QED) is 0.568. The third-order valence-electron chi connectivity index (χ3n) is 3.65. The zero-order chi connectivity index (χ0) is 18.5. The second kappa shape index (κ2) is 8.62. The number of primary amides is 1. The van der Waals surface area contributed by atoms with Crippen molar-refractivity contribution in [3.8, 4) is 0 Å². The van der Waals surface area contributed by atoms with E-state index in [2.05, 4.69) is 10.2 Å². The van der Waals surface area contributed by atoms with Gasteiger partial charge in [-0.2, -0.15) is 0 Å². The van der Waals surface area contributed by atoms with Crippen LogP contribution in [0.1, 0.15) is 23.6 Å². The molecule has 2 heterocycles. The van der Waals surface area contributed by atoms with E-state index in [1.54, 1.807) is 18.4 Å². The van der Waals surface area contributed by atoms with Crippen molar-refractivity contribution in [1.29, 1.82) is 0 Å². The Morgan fingerprint density at radius 2 is 2.12 bits per heavy atom. The number of hydrogen-bond acceptors (Lipinski definition) is 5. The lowest BCUT2D eigenvalue weighted by molar-refractivity contribution is -0.118. The highest BCUT2D eigenvalue weighted by Gasteiger charge is 2.15. The Hall–Kier alpha value is -1.96. The Balaban J connectivity index is 1.79. The first-order chi connectivity index (χ1) is 12.5. The topological polar surface area (TPSA) is 86.9 Å². The van der Waals surface area contributed by atoms with Crippen molar-refractivity contribution in [3.63, 3.8) is 0 Å². The normalized spacial score (nSPS) is 11.0. The number of thioether (sulfide) groups is 1. The largest absolute Gasteiger partial charge is 0.467 e. The van der Waals surface area contributed by atoms with Crippen molar-refractivity contribution < 1.29 is 9.21 Å². The van der Waals surface area contributed by atoms with Gasteiger partial charge in [-0.25, -0.2) is 0 Å². The molecule has 0 bridgehead atoms. The number of aromatic nitrogens is 3. The summed E-state index contributed by atoms with van der Waals surface area (Å²) in [5.74, 6) is 1.70. The number of halogens is 2. The molecule has 0 spiro atoms. The summed E-state index contributed by atoms with van der Waals surface area (Å²) >= 11 is 13.7. The maximum Gasteiger partial charge on any atom is 0.217 e. The smallest absolute Gasteiger partial charge is 0.217 e. The average molecular weight is 411 g/mol. The monoisotopic (exact) mass is 410 g/mol. The minimum atomic E-state index is -0.375. The number of hydrogen-bond donors (Lipinski definition) is 1. The van der Waals surface area contributed by atoms with Gasteiger partial charge in [-0.3, -0.25) is 9.36 Å². The molecule has 0 radical (unpaired) electrons. The summed E-state index contributed by atoms with van der Waals surface area (Å²) in [5, 5.41) is 10.4. The number of nitrogens with two attached hydrogens (primary N) is 1. The fourth-order valence-electron chi connectivity index (χ4n) is 2.34. The number of benzene rings is 1. The molecular formula is C17H16Cl2N4O2S. The van der Waals surface area contributed by atoms with Gasteiger partial charge in [0.2, 0.25) is 5.91 Å². The number of carbonyl (C=O) groups is 1. The molecule has 0 fully saturated rings. The standard InChI is InChI=1S/C17H16Cl2N4O2S/c18-12-4-3-11(14(19)8-12)10-26-17-22-21-16(6-5-15(20)24)23(17)9-13-2-1-7-25-13/h1-4,7-8H,5-6,9-10H2,(H2,20,24). The molecule has 0 aliphatic carbocycles. The number of nitrogens with zero attached hydrogens (tertiary/aromatic N) is 3. The number of carbonyl (C=O) groups excluding carboxylic acids is 1. The van der Waals surface area contributed by atoms with Crippen molar-refractivity contribution in [2.24, 2.45) is 5.73 Å². The Labute approximate surface area is 164 Å². The molecule has 26 heavy (non-hydrogen) atoms. The van der Waals surface area contributed by atoms with Crippen LogP contribution in [-0.2, 0) is 23.5 Å². The Kier molecular flexibility index (Phi) is 6.24. The zero-order valence-corrected chi connectivity index (χ0v) is 16.0. The van der Waals surface area contributed by atoms with Crippen LogP contribution >= 0.6 is 35.0 Å². The van der Waals surface area contributed by atoms with E-state index in [1.165, 1.54) is 11.8 Å². The molecule has 1 aromatic carbocycles. The van der Waals surface area contributed by atoms with Crippen molar-refractivity contribution in [2.75, 3.05) is 0 Å². The minimum Gasteiger partial charge on any atom is -0.467 e. The number of amides is 1. The molecule has 1 amide bonds. The van der Waals surface area contributed by atoms with Crippen LogP contribution < -0.4 is 5.73 Å². The SMILES string of the molecule is NC(=O)CCc1nnc(SCc2ccc(Cl)cc2Cl)n1Cc1ccco1. The predicted molar refractivity (Wildman–Crippen MR) is 101 cm³/mol. The lowest BCUT2D eigenvalue weighted by Crippen LogP contribution is -2.14. The van der Waals surface area contributed by atoms with E-state index in [0.717, 1.165) is 11.3 Å². The van der Waals surface area contributed by atoms with Gasteiger partial charge >= 0.3 is 0 Å². The van der Waals surface area contributed by atoms with E-state index in [0.29, 0.717) is 39.7 Å². The second-order valence-corrected chi connectivity index (χ2v) is 7.34. The van der Waals surface area contributed by atoms with Crippen molar-refractivity contribution in [1.82, 2.24) is 14.8 Å². The third-order valence-corrected chi connectivity index (χ3v) is 5.26. The zero-order valence-electron chi connectivity index (χ0n) is 13.7. The molecule has 0 saturated heterocycles. The van der Waals surface area contributed by atoms with Gasteiger partial charge in [0, 0.05) is 28.6 Å². The number of rotatable bonds is 8. The lowest BCUT2D eigenvalue weighted by atomic mass is 10.2. The molecular weight excluding hydrogens is 395 g/mol. The maximum atomic E-state index is 11.1. The molecule has 2 aromatic heterocycles. The summed E-state index contributed by atoms with van der Waals surface area (Å²) in [6, 6.07) is 9.10. The summed E-state index contributed by atoms with van der Waals surface area (Å²) in [6.07, 6.45) is 2.25. The summed E-state index contributed by atoms with van der Waals surface area (Å²) in [6.45, 7) is 0.477. The molecule has 0 saturated carbocycles. The highest BCUT2D eigenvalue weighted by atomic mass is 35.5. The van der Waals surface area contributed by atoms with Gasteiger partial charge in [0.1, 0.15) is 11.6 Å². The highest BCUT2D eigenvalue weighted by Crippen LogP contribution is 2.28. The van der Waals surface area contributed by atoms with Crippen LogP contribution in [0.15, 0.2) is 46.2 Å². The van der Waals surface area contributed by atoms with Gasteiger partial charge in [-0.15, -0.1) is 10.2 Å². The first-order valence-electron chi connectivity index (χ1n) is 7.82. The van der Waals surface area contributed by atoms with Crippen LogP contribution in [0.3, 0.4) is 0 Å². The Morgan fingerprint density at radius 1 is 1.27 bits per heavy atom. The fourth-order valence-corrected chi connectivity index (χ4v) is 3.86. The molecule has 0 aliphatic heterocycles. The Bertz CT molecular complexity index is 896. The van der Waals surface area contributed by atoms with E-state index < -0.39 is 0 Å². The van der Waals surface area contributed by atoms with Crippen molar-refractivity contribution in [3.05, 3.63) is 63.8 Å². The number of furan rings is 1. The molecule has 136 valence electrons. The van der Waals surface area contributed by atoms with Gasteiger partial charge in [0.05, 0.1) is 12.8 Å². The lowest BCUT2D eigenvalue weighted by Gasteiger charge is -2.09. The number of aryl methyl sites for hydroxylation is 1. The van der Waals surface area contributed by atoms with Crippen LogP contribution in [0.25, 0.3) is 0 Å². The van der Waals surface area contributed by atoms with Crippen LogP contribution in [0.2, 0.25) is 10.0 Å². The van der Waals surface area contributed by atoms with Gasteiger partial charge in [0.25, 0.3) is 0 Å². The summed E-state index contributed by atoms with van der Waals surface area (Å²) < 4.78 is 7.35. The van der Waals surface area contributed by atoms with Crippen LogP contribution in [0.4, 0.5) is 0 Å². The van der Waals surface area contributed by atoms with E-state index in [9.17, 15) is 4.79 Å². The second-order valence-electron chi connectivity index (χ2n) is 5.56. The van der Waals surface area contributed by atoms with Gasteiger partial charge < -0.3 is 10.2 Å². The highest BCUT2D eigenvalue weighted by molar-refractivity contribution is 7.98. The molecule has 2 N–H and O–H groups in total. The van der Waals surface area contributed by atoms with Gasteiger partial charge in [-0.05, 0) is 29.8 Å². The van der Waals surface area contributed by atoms with Crippen LogP contribution in [-0.4, -0.2) is 20.7 Å². The van der Waals surface area contributed by atoms with Gasteiger partial charge in [0.15, 0.2) is 5.16 Å².